The van der Waals surface area contributed by atoms with Gasteiger partial charge >= 0.3 is 5.97 Å². The van der Waals surface area contributed by atoms with Crippen molar-refractivity contribution in [3.63, 3.8) is 0 Å². The van der Waals surface area contributed by atoms with Crippen molar-refractivity contribution in [3.05, 3.63) is 0 Å². The molecule has 0 saturated carbocycles. The van der Waals surface area contributed by atoms with Crippen LogP contribution in [0, 0.1) is 5.92 Å². The number of ether oxygens (including phenoxy) is 1. The second-order valence-corrected chi connectivity index (χ2v) is 5.23. The highest BCUT2D eigenvalue weighted by molar-refractivity contribution is 5.70. The van der Waals surface area contributed by atoms with E-state index in [-0.39, 0.29) is 5.92 Å². The molecular weight excluding hydrogens is 222 g/mol. The van der Waals surface area contributed by atoms with Crippen LogP contribution in [0.1, 0.15) is 25.7 Å². The summed E-state index contributed by atoms with van der Waals surface area (Å²) < 4.78 is 5.25. The maximum Gasteiger partial charge on any atom is 0.306 e. The summed E-state index contributed by atoms with van der Waals surface area (Å²) in [5.74, 6) is -0.884. The monoisotopic (exact) mass is 243 g/mol. The molecule has 2 saturated heterocycles. The van der Waals surface area contributed by atoms with Gasteiger partial charge in [-0.25, -0.2) is 0 Å². The number of rotatable bonds is 3. The normalized spacial score (nSPS) is 26.9. The van der Waals surface area contributed by atoms with Gasteiger partial charge in [0, 0.05) is 32.6 Å². The summed E-state index contributed by atoms with van der Waals surface area (Å²) in [6.45, 7) is 3.47. The van der Waals surface area contributed by atoms with Gasteiger partial charge in [-0.3, -0.25) is 4.79 Å². The molecule has 0 unspecified atom stereocenters. The van der Waals surface area contributed by atoms with Crippen LogP contribution in [0.2, 0.25) is 0 Å². The Balaban J connectivity index is 1.79. The van der Waals surface area contributed by atoms with E-state index in [1.54, 1.807) is 0 Å². The number of hydrogen-bond donors (Lipinski definition) is 2. The third-order valence-electron chi connectivity index (χ3n) is 3.88. The maximum atomic E-state index is 10.8. The van der Waals surface area contributed by atoms with Crippen molar-refractivity contribution in [1.29, 1.82) is 0 Å². The standard InChI is InChI=1S/C12H21NO4/c14-11(15)10-1-5-13(6-2-10)9-12(16)3-7-17-8-4-12/h10,16H,1-9H2,(H,14,15). The first-order chi connectivity index (χ1) is 8.09. The highest BCUT2D eigenvalue weighted by Crippen LogP contribution is 2.24. The van der Waals surface area contributed by atoms with Gasteiger partial charge in [-0.15, -0.1) is 0 Å². The Hall–Kier alpha value is -0.650. The van der Waals surface area contributed by atoms with Gasteiger partial charge in [-0.1, -0.05) is 0 Å². The predicted octanol–water partition coefficient (Wildman–Crippen LogP) is 0.324. The molecule has 5 heteroatoms. The van der Waals surface area contributed by atoms with E-state index < -0.39 is 11.6 Å². The van der Waals surface area contributed by atoms with E-state index >= 15 is 0 Å². The van der Waals surface area contributed by atoms with Crippen LogP contribution in [-0.2, 0) is 9.53 Å². The van der Waals surface area contributed by atoms with Crippen LogP contribution in [0.25, 0.3) is 0 Å². The second-order valence-electron chi connectivity index (χ2n) is 5.23. The molecule has 2 heterocycles. The van der Waals surface area contributed by atoms with Crippen LogP contribution >= 0.6 is 0 Å². The first kappa shape index (κ1) is 12.8. The summed E-state index contributed by atoms with van der Waals surface area (Å²) in [6.07, 6.45) is 2.77. The van der Waals surface area contributed by atoms with Gasteiger partial charge in [0.1, 0.15) is 0 Å². The first-order valence-corrected chi connectivity index (χ1v) is 6.34. The summed E-state index contributed by atoms with van der Waals surface area (Å²) in [4.78, 5) is 13.0. The number of carbonyl (C=O) groups is 1. The lowest BCUT2D eigenvalue weighted by Crippen LogP contribution is -2.49. The van der Waals surface area contributed by atoms with E-state index in [0.717, 1.165) is 13.1 Å². The number of piperidine rings is 1. The van der Waals surface area contributed by atoms with Crippen molar-refractivity contribution in [2.45, 2.75) is 31.3 Å². The molecule has 2 N–H and O–H groups in total. The second kappa shape index (κ2) is 5.33. The van der Waals surface area contributed by atoms with E-state index in [0.29, 0.717) is 45.4 Å². The molecule has 2 fully saturated rings. The molecule has 0 atom stereocenters. The smallest absolute Gasteiger partial charge is 0.306 e. The Morgan fingerprint density at radius 1 is 1.29 bits per heavy atom. The van der Waals surface area contributed by atoms with Crippen molar-refractivity contribution in [1.82, 2.24) is 4.90 Å². The van der Waals surface area contributed by atoms with Crippen molar-refractivity contribution < 1.29 is 19.7 Å². The predicted molar refractivity (Wildman–Crippen MR) is 61.8 cm³/mol. The topological polar surface area (TPSA) is 70.0 Å². The molecule has 2 rings (SSSR count). The summed E-state index contributed by atoms with van der Waals surface area (Å²) in [7, 11) is 0. The molecule has 0 amide bonds. The van der Waals surface area contributed by atoms with Crippen LogP contribution in [-0.4, -0.2) is 59.5 Å². The summed E-state index contributed by atoms with van der Waals surface area (Å²) >= 11 is 0. The molecule has 0 aromatic rings. The Morgan fingerprint density at radius 3 is 2.41 bits per heavy atom. The third kappa shape index (κ3) is 3.40. The lowest BCUT2D eigenvalue weighted by molar-refractivity contribution is -0.143. The molecule has 0 spiro atoms. The molecule has 0 radical (unpaired) electrons. The number of aliphatic carboxylic acids is 1. The summed E-state index contributed by atoms with van der Waals surface area (Å²) in [6, 6.07) is 0. The summed E-state index contributed by atoms with van der Waals surface area (Å²) in [5.41, 5.74) is -0.631. The fraction of sp³-hybridized carbons (Fsp3) is 0.917. The Labute approximate surface area is 101 Å². The zero-order valence-corrected chi connectivity index (χ0v) is 10.1. The molecule has 0 bridgehead atoms. The van der Waals surface area contributed by atoms with E-state index in [1.165, 1.54) is 0 Å². The lowest BCUT2D eigenvalue weighted by Gasteiger charge is -2.39. The highest BCUT2D eigenvalue weighted by Gasteiger charge is 2.34. The average Bonchev–Trinajstić information content (AvgIpc) is 2.30. The Kier molecular flexibility index (Phi) is 4.01. The van der Waals surface area contributed by atoms with Gasteiger partial charge < -0.3 is 19.8 Å². The number of likely N-dealkylation sites (tertiary alicyclic amines) is 1. The van der Waals surface area contributed by atoms with Gasteiger partial charge in [0.15, 0.2) is 0 Å². The number of nitrogens with zero attached hydrogens (tertiary/aromatic N) is 1. The van der Waals surface area contributed by atoms with Crippen molar-refractivity contribution in [3.8, 4) is 0 Å². The molecule has 0 aromatic carbocycles. The number of aliphatic hydroxyl groups is 1. The highest BCUT2D eigenvalue weighted by atomic mass is 16.5. The van der Waals surface area contributed by atoms with Gasteiger partial charge in [0.05, 0.1) is 11.5 Å². The van der Waals surface area contributed by atoms with Crippen molar-refractivity contribution in [2.24, 2.45) is 5.92 Å². The van der Waals surface area contributed by atoms with Gasteiger partial charge in [-0.2, -0.15) is 0 Å². The van der Waals surface area contributed by atoms with Crippen molar-refractivity contribution in [2.75, 3.05) is 32.8 Å². The number of β-amino-alcohol motifs (C(OH)–C–C–N with tert-alkyl or cyclic N) is 1. The van der Waals surface area contributed by atoms with Crippen LogP contribution in [0.5, 0.6) is 0 Å². The lowest BCUT2D eigenvalue weighted by atomic mass is 9.91. The minimum Gasteiger partial charge on any atom is -0.481 e. The third-order valence-corrected chi connectivity index (χ3v) is 3.88. The molecule has 17 heavy (non-hydrogen) atoms. The molecule has 2 aliphatic rings. The van der Waals surface area contributed by atoms with Crippen molar-refractivity contribution >= 4 is 5.97 Å². The molecule has 5 nitrogen and oxygen atoms in total. The SMILES string of the molecule is O=C(O)C1CCN(CC2(O)CCOCC2)CC1. The molecule has 98 valence electrons. The fourth-order valence-electron chi connectivity index (χ4n) is 2.66. The zero-order valence-electron chi connectivity index (χ0n) is 10.1. The van der Waals surface area contributed by atoms with Crippen LogP contribution in [0.4, 0.5) is 0 Å². The largest absolute Gasteiger partial charge is 0.481 e. The van der Waals surface area contributed by atoms with E-state index in [9.17, 15) is 9.90 Å². The number of carboxylic acids is 1. The van der Waals surface area contributed by atoms with Crippen LogP contribution in [0.3, 0.4) is 0 Å². The minimum absolute atomic E-state index is 0.199. The van der Waals surface area contributed by atoms with E-state index in [1.807, 2.05) is 0 Å². The minimum atomic E-state index is -0.686. The van der Waals surface area contributed by atoms with Gasteiger partial charge in [-0.05, 0) is 25.9 Å². The number of hydrogen-bond acceptors (Lipinski definition) is 4. The van der Waals surface area contributed by atoms with Crippen LogP contribution < -0.4 is 0 Å². The van der Waals surface area contributed by atoms with Gasteiger partial charge in [0.25, 0.3) is 0 Å². The molecular formula is C12H21NO4. The van der Waals surface area contributed by atoms with Gasteiger partial charge in [0.2, 0.25) is 0 Å². The molecule has 2 aliphatic heterocycles. The summed E-state index contributed by atoms with van der Waals surface area (Å²) in [5, 5.41) is 19.3. The first-order valence-electron chi connectivity index (χ1n) is 6.34. The Morgan fingerprint density at radius 2 is 1.88 bits per heavy atom. The maximum absolute atomic E-state index is 10.8. The average molecular weight is 243 g/mol. The molecule has 0 aromatic heterocycles. The quantitative estimate of drug-likeness (QED) is 0.747. The fourth-order valence-corrected chi connectivity index (χ4v) is 2.66. The Bertz CT molecular complexity index is 268. The molecule has 0 aliphatic carbocycles. The van der Waals surface area contributed by atoms with E-state index in [2.05, 4.69) is 4.90 Å². The number of carboxylic acid groups (broad SMARTS) is 1. The van der Waals surface area contributed by atoms with Crippen LogP contribution in [0.15, 0.2) is 0 Å². The zero-order chi connectivity index (χ0) is 12.3. The van der Waals surface area contributed by atoms with E-state index in [4.69, 9.17) is 9.84 Å².